The van der Waals surface area contributed by atoms with Gasteiger partial charge in [-0.15, -0.1) is 11.3 Å². The van der Waals surface area contributed by atoms with Crippen molar-refractivity contribution in [3.63, 3.8) is 0 Å². The first-order valence-corrected chi connectivity index (χ1v) is 11.0. The molecule has 3 atom stereocenters. The van der Waals surface area contributed by atoms with Gasteiger partial charge in [0.2, 0.25) is 0 Å². The molecule has 3 heterocycles. The maximum absolute atomic E-state index is 12.9. The number of thiophene rings is 1. The van der Waals surface area contributed by atoms with E-state index in [-0.39, 0.29) is 17.3 Å². The number of hydrogen-bond donors (Lipinski definition) is 1. The predicted molar refractivity (Wildman–Crippen MR) is 115 cm³/mol. The number of hydrogen-bond acceptors (Lipinski definition) is 5. The van der Waals surface area contributed by atoms with Gasteiger partial charge in [0.1, 0.15) is 10.6 Å². The van der Waals surface area contributed by atoms with Gasteiger partial charge in [-0.05, 0) is 60.4 Å². The highest BCUT2D eigenvalue weighted by Crippen LogP contribution is 2.45. The Morgan fingerprint density at radius 1 is 1.28 bits per heavy atom. The first kappa shape index (κ1) is 18.6. The second-order valence-electron chi connectivity index (χ2n) is 8.09. The number of rotatable bonds is 4. The van der Waals surface area contributed by atoms with Crippen LogP contribution in [-0.2, 0) is 20.0 Å². The van der Waals surface area contributed by atoms with Gasteiger partial charge in [-0.2, -0.15) is 0 Å². The summed E-state index contributed by atoms with van der Waals surface area (Å²) in [6.45, 7) is 1.42. The molecule has 1 fully saturated rings. The molecule has 1 unspecified atom stereocenters. The van der Waals surface area contributed by atoms with E-state index in [1.165, 1.54) is 27.0 Å². The van der Waals surface area contributed by atoms with Gasteiger partial charge in [-0.3, -0.25) is 13.9 Å². The third-order valence-corrected chi connectivity index (χ3v) is 7.69. The molecule has 1 aliphatic heterocycles. The van der Waals surface area contributed by atoms with Crippen molar-refractivity contribution in [1.82, 2.24) is 14.5 Å². The van der Waals surface area contributed by atoms with Gasteiger partial charge in [0, 0.05) is 25.6 Å². The fourth-order valence-corrected chi connectivity index (χ4v) is 6.14. The second-order valence-corrected chi connectivity index (χ2v) is 8.99. The molecule has 1 saturated heterocycles. The average Bonchev–Trinajstić information content (AvgIpc) is 3.39. The van der Waals surface area contributed by atoms with E-state index >= 15 is 0 Å². The summed E-state index contributed by atoms with van der Waals surface area (Å²) in [6.07, 6.45) is 2.94. The Balaban J connectivity index is 1.46. The molecule has 3 aromatic rings. The standard InChI is InChI=1S/C22H25N3O3S/c1-24-21-16(9-11-29-21)20(26)25(22(24)27)10-8-17-19-13(12-23-17)6-7-14-15(19)4-3-5-18(14)28-2/h3-5,9,11,13,17,19,23H,6-8,10,12H2,1-2H3/t13-,17?,19+/m0/s1. The third-order valence-electron chi connectivity index (χ3n) is 6.70. The number of fused-ring (bicyclic) bond motifs is 4. The fourth-order valence-electron chi connectivity index (χ4n) is 5.29. The van der Waals surface area contributed by atoms with Crippen LogP contribution < -0.4 is 21.3 Å². The molecule has 2 aliphatic rings. The molecule has 6 nitrogen and oxygen atoms in total. The largest absolute Gasteiger partial charge is 0.496 e. The number of nitrogens with one attached hydrogen (secondary N) is 1. The zero-order valence-electron chi connectivity index (χ0n) is 16.7. The molecular weight excluding hydrogens is 386 g/mol. The highest BCUT2D eigenvalue weighted by Gasteiger charge is 2.40. The van der Waals surface area contributed by atoms with Crippen molar-refractivity contribution in [1.29, 1.82) is 0 Å². The Kier molecular flexibility index (Phi) is 4.59. The van der Waals surface area contributed by atoms with Crippen molar-refractivity contribution >= 4 is 21.6 Å². The van der Waals surface area contributed by atoms with Gasteiger partial charge in [-0.25, -0.2) is 4.79 Å². The number of ether oxygens (including phenoxy) is 1. The van der Waals surface area contributed by atoms with Crippen LogP contribution in [0.15, 0.2) is 39.2 Å². The topological polar surface area (TPSA) is 65.3 Å². The average molecular weight is 412 g/mol. The molecule has 7 heteroatoms. The van der Waals surface area contributed by atoms with E-state index in [1.807, 2.05) is 17.5 Å². The number of aromatic nitrogens is 2. The Morgan fingerprint density at radius 2 is 2.14 bits per heavy atom. The molecule has 5 rings (SSSR count). The SMILES string of the molecule is COc1cccc2c1CC[C@H]1CNC(CCn3c(=O)c4ccsc4n(C)c3=O)[C@@H]21. The molecule has 1 N–H and O–H groups in total. The van der Waals surface area contributed by atoms with E-state index in [0.29, 0.717) is 23.8 Å². The molecule has 152 valence electrons. The van der Waals surface area contributed by atoms with Crippen molar-refractivity contribution in [2.75, 3.05) is 13.7 Å². The Labute approximate surface area is 172 Å². The molecular formula is C22H25N3O3S. The summed E-state index contributed by atoms with van der Waals surface area (Å²) in [5.74, 6) is 1.97. The Hall–Kier alpha value is -2.38. The quantitative estimate of drug-likeness (QED) is 0.716. The molecule has 29 heavy (non-hydrogen) atoms. The molecule has 0 bridgehead atoms. The van der Waals surface area contributed by atoms with E-state index in [9.17, 15) is 9.59 Å². The Bertz CT molecular complexity index is 1190. The van der Waals surface area contributed by atoms with Crippen molar-refractivity contribution in [3.8, 4) is 5.75 Å². The molecule has 2 aromatic heterocycles. The number of methoxy groups -OCH3 is 1. The summed E-state index contributed by atoms with van der Waals surface area (Å²) in [4.78, 5) is 26.4. The van der Waals surface area contributed by atoms with E-state index in [1.54, 1.807) is 18.7 Å². The molecule has 0 radical (unpaired) electrons. The molecule has 0 saturated carbocycles. The lowest BCUT2D eigenvalue weighted by atomic mass is 9.73. The van der Waals surface area contributed by atoms with Gasteiger partial charge in [-0.1, -0.05) is 12.1 Å². The first-order chi connectivity index (χ1) is 14.1. The summed E-state index contributed by atoms with van der Waals surface area (Å²) < 4.78 is 8.59. The summed E-state index contributed by atoms with van der Waals surface area (Å²) in [5, 5.41) is 6.16. The lowest BCUT2D eigenvalue weighted by Gasteiger charge is -2.32. The zero-order valence-corrected chi connectivity index (χ0v) is 17.5. The molecule has 0 amide bonds. The number of aryl methyl sites for hydroxylation is 1. The van der Waals surface area contributed by atoms with Crippen LogP contribution in [0.1, 0.15) is 29.9 Å². The van der Waals surface area contributed by atoms with Gasteiger partial charge in [0.05, 0.1) is 12.5 Å². The van der Waals surface area contributed by atoms with Crippen molar-refractivity contribution in [3.05, 3.63) is 61.6 Å². The fraction of sp³-hybridized carbons (Fsp3) is 0.455. The van der Waals surface area contributed by atoms with E-state index in [2.05, 4.69) is 17.4 Å². The molecule has 1 aromatic carbocycles. The zero-order chi connectivity index (χ0) is 20.1. The van der Waals surface area contributed by atoms with E-state index in [0.717, 1.165) is 36.4 Å². The van der Waals surface area contributed by atoms with Crippen LogP contribution in [0.3, 0.4) is 0 Å². The highest BCUT2D eigenvalue weighted by atomic mass is 32.1. The van der Waals surface area contributed by atoms with Gasteiger partial charge in [0.25, 0.3) is 5.56 Å². The van der Waals surface area contributed by atoms with Crippen LogP contribution in [0.25, 0.3) is 10.2 Å². The van der Waals surface area contributed by atoms with Crippen molar-refractivity contribution in [2.24, 2.45) is 13.0 Å². The van der Waals surface area contributed by atoms with Crippen LogP contribution >= 0.6 is 11.3 Å². The smallest absolute Gasteiger partial charge is 0.331 e. The highest BCUT2D eigenvalue weighted by molar-refractivity contribution is 7.16. The first-order valence-electron chi connectivity index (χ1n) is 10.2. The van der Waals surface area contributed by atoms with E-state index < -0.39 is 0 Å². The van der Waals surface area contributed by atoms with Crippen LogP contribution in [-0.4, -0.2) is 28.8 Å². The monoisotopic (exact) mass is 411 g/mol. The normalized spacial score (nSPS) is 23.2. The van der Waals surface area contributed by atoms with Crippen LogP contribution in [0.4, 0.5) is 0 Å². The van der Waals surface area contributed by atoms with Crippen LogP contribution in [0.2, 0.25) is 0 Å². The number of benzene rings is 1. The lowest BCUT2D eigenvalue weighted by molar-refractivity contribution is 0.370. The lowest BCUT2D eigenvalue weighted by Crippen LogP contribution is -2.40. The minimum absolute atomic E-state index is 0.176. The van der Waals surface area contributed by atoms with Crippen LogP contribution in [0.5, 0.6) is 5.75 Å². The maximum Gasteiger partial charge on any atom is 0.331 e. The van der Waals surface area contributed by atoms with Gasteiger partial charge in [0.15, 0.2) is 0 Å². The summed E-state index contributed by atoms with van der Waals surface area (Å²) in [5.41, 5.74) is 2.27. The van der Waals surface area contributed by atoms with Crippen molar-refractivity contribution < 1.29 is 4.74 Å². The van der Waals surface area contributed by atoms with Gasteiger partial charge >= 0.3 is 5.69 Å². The summed E-state index contributed by atoms with van der Waals surface area (Å²) >= 11 is 1.43. The Morgan fingerprint density at radius 3 is 2.97 bits per heavy atom. The summed E-state index contributed by atoms with van der Waals surface area (Å²) in [6, 6.07) is 8.39. The third kappa shape index (κ3) is 2.87. The minimum atomic E-state index is -0.231. The van der Waals surface area contributed by atoms with Crippen LogP contribution in [0, 0.1) is 5.92 Å². The second kappa shape index (κ2) is 7.15. The molecule has 1 aliphatic carbocycles. The molecule has 0 spiro atoms. The predicted octanol–water partition coefficient (Wildman–Crippen LogP) is 2.48. The number of nitrogens with zero attached hydrogens (tertiary/aromatic N) is 2. The summed E-state index contributed by atoms with van der Waals surface area (Å²) in [7, 11) is 3.47. The van der Waals surface area contributed by atoms with Gasteiger partial charge < -0.3 is 10.1 Å². The van der Waals surface area contributed by atoms with Crippen molar-refractivity contribution in [2.45, 2.75) is 37.8 Å². The van der Waals surface area contributed by atoms with E-state index in [4.69, 9.17) is 4.74 Å². The maximum atomic E-state index is 12.9. The minimum Gasteiger partial charge on any atom is -0.496 e.